The molecular formula is C20H17Cl2N3O5S. The Labute approximate surface area is 188 Å². The summed E-state index contributed by atoms with van der Waals surface area (Å²) in [5, 5.41) is 3.74. The van der Waals surface area contributed by atoms with Crippen LogP contribution in [-0.2, 0) is 21.4 Å². The number of carbonyl (C=O) groups excluding carboxylic acids is 1. The van der Waals surface area contributed by atoms with E-state index in [4.69, 9.17) is 32.5 Å². The largest absolute Gasteiger partial charge is 0.452 e. The molecule has 0 aliphatic heterocycles. The second-order valence-corrected chi connectivity index (χ2v) is 9.61. The van der Waals surface area contributed by atoms with E-state index in [2.05, 4.69) is 14.9 Å². The molecule has 1 saturated carbocycles. The molecular weight excluding hydrogens is 465 g/mol. The van der Waals surface area contributed by atoms with Crippen molar-refractivity contribution >= 4 is 39.2 Å². The highest BCUT2D eigenvalue weighted by atomic mass is 35.5. The Balaban J connectivity index is 1.48. The van der Waals surface area contributed by atoms with Crippen LogP contribution in [0.3, 0.4) is 0 Å². The number of nitrogens with one attached hydrogen (secondary N) is 1. The molecule has 0 saturated heterocycles. The number of nitrogens with zero attached hydrogens (tertiary/aromatic N) is 2. The smallest absolute Gasteiger partial charge is 0.340 e. The molecule has 0 atom stereocenters. The van der Waals surface area contributed by atoms with Crippen LogP contribution in [0.25, 0.3) is 11.4 Å². The molecule has 1 heterocycles. The second-order valence-electron chi connectivity index (χ2n) is 7.11. The quantitative estimate of drug-likeness (QED) is 0.504. The third-order valence-electron chi connectivity index (χ3n) is 4.53. The van der Waals surface area contributed by atoms with Crippen LogP contribution in [-0.4, -0.2) is 30.6 Å². The zero-order chi connectivity index (χ0) is 22.2. The average Bonchev–Trinajstić information content (AvgIpc) is 3.38. The molecule has 1 N–H and O–H groups in total. The van der Waals surface area contributed by atoms with Crippen molar-refractivity contribution in [1.82, 2.24) is 14.9 Å². The molecule has 4 rings (SSSR count). The third kappa shape index (κ3) is 5.07. The summed E-state index contributed by atoms with van der Waals surface area (Å²) in [6, 6.07) is 9.71. The van der Waals surface area contributed by atoms with Crippen LogP contribution in [0.4, 0.5) is 0 Å². The molecule has 1 aliphatic rings. The van der Waals surface area contributed by atoms with Crippen molar-refractivity contribution in [2.75, 3.05) is 0 Å². The summed E-state index contributed by atoms with van der Waals surface area (Å²) in [5.74, 6) is -0.410. The van der Waals surface area contributed by atoms with E-state index >= 15 is 0 Å². The summed E-state index contributed by atoms with van der Waals surface area (Å²) in [6.45, 7) is 1.66. The first kappa shape index (κ1) is 21.8. The first-order valence-electron chi connectivity index (χ1n) is 9.31. The van der Waals surface area contributed by atoms with Gasteiger partial charge in [0.1, 0.15) is 4.90 Å². The molecule has 0 spiro atoms. The fourth-order valence-corrected chi connectivity index (χ4v) is 4.87. The number of halogens is 2. The second kappa shape index (κ2) is 8.58. The molecule has 2 aromatic carbocycles. The van der Waals surface area contributed by atoms with E-state index in [1.54, 1.807) is 0 Å². The predicted octanol–water partition coefficient (Wildman–Crippen LogP) is 4.15. The van der Waals surface area contributed by atoms with Gasteiger partial charge in [-0.25, -0.2) is 17.9 Å². The van der Waals surface area contributed by atoms with Crippen LogP contribution in [0.15, 0.2) is 45.8 Å². The number of aryl methyl sites for hydroxylation is 1. The van der Waals surface area contributed by atoms with Gasteiger partial charge < -0.3 is 9.26 Å². The van der Waals surface area contributed by atoms with Gasteiger partial charge in [0.2, 0.25) is 15.8 Å². The molecule has 0 unspecified atom stereocenters. The normalized spacial score (nSPS) is 13.9. The molecule has 1 aliphatic carbocycles. The van der Waals surface area contributed by atoms with Gasteiger partial charge in [-0.2, -0.15) is 4.98 Å². The van der Waals surface area contributed by atoms with Crippen molar-refractivity contribution < 1.29 is 22.5 Å². The maximum absolute atomic E-state index is 12.5. The van der Waals surface area contributed by atoms with Crippen LogP contribution in [0.2, 0.25) is 10.0 Å². The van der Waals surface area contributed by atoms with E-state index in [0.717, 1.165) is 30.0 Å². The van der Waals surface area contributed by atoms with Crippen LogP contribution < -0.4 is 4.72 Å². The molecule has 3 aromatic rings. The Morgan fingerprint density at radius 1 is 1.19 bits per heavy atom. The maximum atomic E-state index is 12.5. The summed E-state index contributed by atoms with van der Waals surface area (Å²) >= 11 is 12.1. The molecule has 11 heteroatoms. The first-order valence-corrected chi connectivity index (χ1v) is 11.5. The SMILES string of the molecule is Cc1ccc(-c2noc(COC(=O)c3cc(S(=O)(=O)NC4CC4)c(Cl)cc3Cl)n2)cc1. The van der Waals surface area contributed by atoms with Gasteiger partial charge in [0, 0.05) is 11.6 Å². The van der Waals surface area contributed by atoms with Gasteiger partial charge in [0.05, 0.1) is 15.6 Å². The van der Waals surface area contributed by atoms with E-state index < -0.39 is 16.0 Å². The van der Waals surface area contributed by atoms with Crippen molar-refractivity contribution in [2.45, 2.75) is 37.3 Å². The van der Waals surface area contributed by atoms with Gasteiger partial charge in [0.25, 0.3) is 5.89 Å². The Bertz CT molecular complexity index is 1240. The molecule has 0 bridgehead atoms. The Hall–Kier alpha value is -2.46. The fraction of sp³-hybridized carbons (Fsp3) is 0.250. The number of ether oxygens (including phenoxy) is 1. The van der Waals surface area contributed by atoms with Crippen LogP contribution in [0.5, 0.6) is 0 Å². The zero-order valence-electron chi connectivity index (χ0n) is 16.3. The third-order valence-corrected chi connectivity index (χ3v) is 6.83. The van der Waals surface area contributed by atoms with Gasteiger partial charge in [-0.1, -0.05) is 58.2 Å². The first-order chi connectivity index (χ1) is 14.7. The molecule has 1 fully saturated rings. The topological polar surface area (TPSA) is 111 Å². The Kier molecular flexibility index (Phi) is 6.02. The van der Waals surface area contributed by atoms with Gasteiger partial charge >= 0.3 is 5.97 Å². The van der Waals surface area contributed by atoms with Crippen LogP contribution in [0, 0.1) is 6.92 Å². The van der Waals surface area contributed by atoms with Crippen molar-refractivity contribution in [1.29, 1.82) is 0 Å². The van der Waals surface area contributed by atoms with E-state index in [1.165, 1.54) is 6.07 Å². The summed E-state index contributed by atoms with van der Waals surface area (Å²) < 4.78 is 37.8. The molecule has 8 nitrogen and oxygen atoms in total. The number of rotatable bonds is 7. The fourth-order valence-electron chi connectivity index (χ4n) is 2.71. The minimum Gasteiger partial charge on any atom is -0.452 e. The Morgan fingerprint density at radius 3 is 2.58 bits per heavy atom. The highest BCUT2D eigenvalue weighted by Crippen LogP contribution is 2.31. The molecule has 162 valence electrons. The number of sulfonamides is 1. The summed E-state index contributed by atoms with van der Waals surface area (Å²) in [6.07, 6.45) is 1.52. The van der Waals surface area contributed by atoms with Gasteiger partial charge in [-0.05, 0) is 31.9 Å². The van der Waals surface area contributed by atoms with Crippen molar-refractivity contribution in [3.63, 3.8) is 0 Å². The summed E-state index contributed by atoms with van der Waals surface area (Å²) in [4.78, 5) is 16.5. The lowest BCUT2D eigenvalue weighted by atomic mass is 10.1. The van der Waals surface area contributed by atoms with E-state index in [-0.39, 0.29) is 39.0 Å². The van der Waals surface area contributed by atoms with Crippen molar-refractivity contribution in [3.05, 3.63) is 63.5 Å². The van der Waals surface area contributed by atoms with Crippen molar-refractivity contribution in [3.8, 4) is 11.4 Å². The van der Waals surface area contributed by atoms with Crippen LogP contribution >= 0.6 is 23.2 Å². The Morgan fingerprint density at radius 2 is 1.90 bits per heavy atom. The molecule has 0 amide bonds. The average molecular weight is 482 g/mol. The van der Waals surface area contributed by atoms with Crippen molar-refractivity contribution in [2.24, 2.45) is 0 Å². The number of hydrogen-bond donors (Lipinski definition) is 1. The molecule has 0 radical (unpaired) electrons. The number of aromatic nitrogens is 2. The summed E-state index contributed by atoms with van der Waals surface area (Å²) in [5.41, 5.74) is 1.71. The minimum atomic E-state index is -3.89. The zero-order valence-corrected chi connectivity index (χ0v) is 18.6. The number of hydrogen-bond acceptors (Lipinski definition) is 7. The van der Waals surface area contributed by atoms with E-state index in [9.17, 15) is 13.2 Å². The molecule has 31 heavy (non-hydrogen) atoms. The van der Waals surface area contributed by atoms with Crippen LogP contribution in [0.1, 0.15) is 34.7 Å². The number of benzene rings is 2. The monoisotopic (exact) mass is 481 g/mol. The standard InChI is InChI=1S/C20H17Cl2N3O5S/c1-11-2-4-12(5-3-11)19-23-18(30-24-19)10-29-20(26)14-8-17(16(22)9-15(14)21)31(27,28)25-13-6-7-13/h2-5,8-9,13,25H,6-7,10H2,1H3. The lowest BCUT2D eigenvalue weighted by Gasteiger charge is -2.11. The lowest BCUT2D eigenvalue weighted by Crippen LogP contribution is -2.26. The van der Waals surface area contributed by atoms with Gasteiger partial charge in [-0.15, -0.1) is 0 Å². The van der Waals surface area contributed by atoms with E-state index in [1.807, 2.05) is 31.2 Å². The number of carbonyl (C=O) groups is 1. The number of esters is 1. The van der Waals surface area contributed by atoms with E-state index in [0.29, 0.717) is 5.82 Å². The summed E-state index contributed by atoms with van der Waals surface area (Å²) in [7, 11) is -3.89. The maximum Gasteiger partial charge on any atom is 0.340 e. The molecule has 1 aromatic heterocycles. The highest BCUT2D eigenvalue weighted by molar-refractivity contribution is 7.89. The lowest BCUT2D eigenvalue weighted by molar-refractivity contribution is 0.0429. The highest BCUT2D eigenvalue weighted by Gasteiger charge is 2.30. The van der Waals surface area contributed by atoms with Gasteiger partial charge in [0.15, 0.2) is 6.61 Å². The van der Waals surface area contributed by atoms with Gasteiger partial charge in [-0.3, -0.25) is 0 Å². The predicted molar refractivity (Wildman–Crippen MR) is 113 cm³/mol. The minimum absolute atomic E-state index is 0.0359.